The van der Waals surface area contributed by atoms with Crippen LogP contribution in [0.15, 0.2) is 24.3 Å². The highest BCUT2D eigenvalue weighted by Crippen LogP contribution is 2.17. The average Bonchev–Trinajstić information content (AvgIpc) is 2.76. The van der Waals surface area contributed by atoms with Gasteiger partial charge in [0, 0.05) is 24.7 Å². The van der Waals surface area contributed by atoms with Crippen LogP contribution < -0.4 is 5.32 Å². The van der Waals surface area contributed by atoms with E-state index in [1.54, 1.807) is 18.2 Å². The number of hydrogen-bond donors (Lipinski definition) is 1. The predicted molar refractivity (Wildman–Crippen MR) is 74.9 cm³/mol. The predicted octanol–water partition coefficient (Wildman–Crippen LogP) is 0.247. The summed E-state index contributed by atoms with van der Waals surface area (Å²) in [4.78, 5) is 22.1. The summed E-state index contributed by atoms with van der Waals surface area (Å²) in [6, 6.07) is 6.08. The minimum Gasteiger partial charge on any atom is -0.351 e. The van der Waals surface area contributed by atoms with Crippen LogP contribution in [-0.2, 0) is 21.4 Å². The highest BCUT2D eigenvalue weighted by Gasteiger charge is 2.29. The molecule has 1 heterocycles. The van der Waals surface area contributed by atoms with E-state index in [4.69, 9.17) is 0 Å². The summed E-state index contributed by atoms with van der Waals surface area (Å²) in [5.41, 5.74) is 0.298. The van der Waals surface area contributed by atoms with Crippen LogP contribution in [0.4, 0.5) is 5.69 Å². The highest BCUT2D eigenvalue weighted by molar-refractivity contribution is 7.89. The van der Waals surface area contributed by atoms with Crippen molar-refractivity contribution in [2.45, 2.75) is 13.0 Å². The van der Waals surface area contributed by atoms with Crippen molar-refractivity contribution >= 4 is 21.6 Å². The molecule has 0 aliphatic carbocycles. The number of para-hydroxylation sites is 1. The number of nitrogens with zero attached hydrogens (tertiary/aromatic N) is 2. The fraction of sp³-hybridized carbons (Fsp3) is 0.417. The molecule has 8 nitrogen and oxygen atoms in total. The third kappa shape index (κ3) is 3.76. The minimum atomic E-state index is -3.32. The first-order chi connectivity index (χ1) is 9.90. The number of hydrogen-bond acceptors (Lipinski definition) is 5. The Morgan fingerprint density at radius 3 is 2.71 bits per heavy atom. The number of rotatable bonds is 5. The normalized spacial score (nSPS) is 17.5. The van der Waals surface area contributed by atoms with Gasteiger partial charge in [-0.2, -0.15) is 4.31 Å². The smallest absolute Gasteiger partial charge is 0.274 e. The summed E-state index contributed by atoms with van der Waals surface area (Å²) < 4.78 is 24.3. The Bertz CT molecular complexity index is 659. The fourth-order valence-corrected chi connectivity index (χ4v) is 3.59. The third-order valence-electron chi connectivity index (χ3n) is 3.19. The maximum absolute atomic E-state index is 11.8. The number of nitrogens with one attached hydrogen (secondary N) is 1. The van der Waals surface area contributed by atoms with Gasteiger partial charge in [-0.05, 0) is 6.42 Å². The molecular weight excluding hydrogens is 298 g/mol. The van der Waals surface area contributed by atoms with Gasteiger partial charge in [0.2, 0.25) is 15.9 Å². The summed E-state index contributed by atoms with van der Waals surface area (Å²) >= 11 is 0. The molecule has 0 radical (unpaired) electrons. The van der Waals surface area contributed by atoms with Crippen molar-refractivity contribution in [2.75, 3.05) is 18.8 Å². The molecule has 0 aromatic heterocycles. The molecule has 1 aliphatic rings. The van der Waals surface area contributed by atoms with Crippen LogP contribution in [-0.4, -0.2) is 42.4 Å². The van der Waals surface area contributed by atoms with Crippen molar-refractivity contribution in [1.29, 1.82) is 0 Å². The number of benzene rings is 1. The summed E-state index contributed by atoms with van der Waals surface area (Å²) in [5, 5.41) is 13.3. The molecule has 1 amide bonds. The Hall–Kier alpha value is -2.00. The van der Waals surface area contributed by atoms with Crippen LogP contribution in [0.2, 0.25) is 0 Å². The zero-order valence-electron chi connectivity index (χ0n) is 11.2. The maximum atomic E-state index is 11.8. The lowest BCUT2D eigenvalue weighted by Crippen LogP contribution is -2.37. The highest BCUT2D eigenvalue weighted by atomic mass is 32.2. The first kappa shape index (κ1) is 15.4. The van der Waals surface area contributed by atoms with Gasteiger partial charge in [-0.3, -0.25) is 14.9 Å². The SMILES string of the molecule is O=C(CN1CCCS1(=O)=O)NCc1ccccc1[N+](=O)[O-]. The quantitative estimate of drug-likeness (QED) is 0.619. The van der Waals surface area contributed by atoms with Gasteiger partial charge in [0.1, 0.15) is 0 Å². The molecule has 0 saturated carbocycles. The van der Waals surface area contributed by atoms with Crippen molar-refractivity contribution in [3.05, 3.63) is 39.9 Å². The molecule has 114 valence electrons. The zero-order valence-corrected chi connectivity index (χ0v) is 12.0. The lowest BCUT2D eigenvalue weighted by atomic mass is 10.2. The Labute approximate surface area is 122 Å². The Balaban J connectivity index is 1.95. The second-order valence-electron chi connectivity index (χ2n) is 4.67. The first-order valence-electron chi connectivity index (χ1n) is 6.37. The number of nitro groups is 1. The van der Waals surface area contributed by atoms with E-state index in [2.05, 4.69) is 5.32 Å². The molecule has 1 N–H and O–H groups in total. The van der Waals surface area contributed by atoms with Gasteiger partial charge >= 0.3 is 0 Å². The van der Waals surface area contributed by atoms with Crippen molar-refractivity contribution in [3.8, 4) is 0 Å². The van der Waals surface area contributed by atoms with Gasteiger partial charge in [-0.25, -0.2) is 8.42 Å². The van der Waals surface area contributed by atoms with Crippen LogP contribution in [0.3, 0.4) is 0 Å². The second-order valence-corrected chi connectivity index (χ2v) is 6.75. The van der Waals surface area contributed by atoms with Crippen molar-refractivity contribution in [3.63, 3.8) is 0 Å². The van der Waals surface area contributed by atoms with E-state index in [0.717, 1.165) is 4.31 Å². The van der Waals surface area contributed by atoms with Crippen LogP contribution >= 0.6 is 0 Å². The Morgan fingerprint density at radius 1 is 1.38 bits per heavy atom. The molecule has 0 atom stereocenters. The summed E-state index contributed by atoms with van der Waals surface area (Å²) in [5.74, 6) is -0.414. The molecule has 2 rings (SSSR count). The van der Waals surface area contributed by atoms with Crippen LogP contribution in [0, 0.1) is 10.1 Å². The average molecular weight is 313 g/mol. The van der Waals surface area contributed by atoms with E-state index in [1.165, 1.54) is 6.07 Å². The molecule has 1 aliphatic heterocycles. The van der Waals surface area contributed by atoms with E-state index in [1.807, 2.05) is 0 Å². The third-order valence-corrected chi connectivity index (χ3v) is 5.09. The molecule has 1 saturated heterocycles. The van der Waals surface area contributed by atoms with E-state index in [-0.39, 0.29) is 24.5 Å². The fourth-order valence-electron chi connectivity index (χ4n) is 2.12. The van der Waals surface area contributed by atoms with Gasteiger partial charge in [-0.15, -0.1) is 0 Å². The number of carbonyl (C=O) groups is 1. The monoisotopic (exact) mass is 313 g/mol. The number of amides is 1. The number of nitro benzene ring substituents is 1. The van der Waals surface area contributed by atoms with Gasteiger partial charge in [0.25, 0.3) is 5.69 Å². The molecule has 1 aromatic carbocycles. The summed E-state index contributed by atoms with van der Waals surface area (Å²) in [6.07, 6.45) is 0.514. The second kappa shape index (κ2) is 6.19. The van der Waals surface area contributed by atoms with E-state index < -0.39 is 20.9 Å². The standard InChI is InChI=1S/C12H15N3O5S/c16-12(9-14-6-3-7-21(14,19)20)13-8-10-4-1-2-5-11(10)15(17)18/h1-2,4-5H,3,6-9H2,(H,13,16). The lowest BCUT2D eigenvalue weighted by Gasteiger charge is -2.13. The van der Waals surface area contributed by atoms with Gasteiger partial charge in [0.05, 0.1) is 17.2 Å². The molecule has 21 heavy (non-hydrogen) atoms. The van der Waals surface area contributed by atoms with Gasteiger partial charge in [-0.1, -0.05) is 18.2 Å². The molecule has 0 spiro atoms. The van der Waals surface area contributed by atoms with E-state index in [0.29, 0.717) is 18.5 Å². The van der Waals surface area contributed by atoms with Crippen molar-refractivity contribution in [2.24, 2.45) is 0 Å². The molecule has 0 bridgehead atoms. The van der Waals surface area contributed by atoms with Gasteiger partial charge in [0.15, 0.2) is 0 Å². The maximum Gasteiger partial charge on any atom is 0.274 e. The van der Waals surface area contributed by atoms with Gasteiger partial charge < -0.3 is 5.32 Å². The summed E-state index contributed by atoms with van der Waals surface area (Å²) in [7, 11) is -3.32. The van der Waals surface area contributed by atoms with Crippen LogP contribution in [0.1, 0.15) is 12.0 Å². The van der Waals surface area contributed by atoms with Crippen molar-refractivity contribution < 1.29 is 18.1 Å². The molecule has 1 aromatic rings. The van der Waals surface area contributed by atoms with Crippen molar-refractivity contribution in [1.82, 2.24) is 9.62 Å². The summed E-state index contributed by atoms with van der Waals surface area (Å²) in [6.45, 7) is 0.0775. The van der Waals surface area contributed by atoms with E-state index >= 15 is 0 Å². The van der Waals surface area contributed by atoms with Crippen LogP contribution in [0.5, 0.6) is 0 Å². The Kier molecular flexibility index (Phi) is 4.53. The zero-order chi connectivity index (χ0) is 15.5. The van der Waals surface area contributed by atoms with Crippen LogP contribution in [0.25, 0.3) is 0 Å². The van der Waals surface area contributed by atoms with E-state index in [9.17, 15) is 23.3 Å². The minimum absolute atomic E-state index is 0.0100. The molecule has 1 fully saturated rings. The molecular formula is C12H15N3O5S. The first-order valence-corrected chi connectivity index (χ1v) is 7.98. The molecule has 0 unspecified atom stereocenters. The largest absolute Gasteiger partial charge is 0.351 e. The topological polar surface area (TPSA) is 110 Å². The lowest BCUT2D eigenvalue weighted by molar-refractivity contribution is -0.385. The number of sulfonamides is 1. The molecule has 9 heteroatoms. The number of carbonyl (C=O) groups excluding carboxylic acids is 1. The Morgan fingerprint density at radius 2 is 2.10 bits per heavy atom.